The third kappa shape index (κ3) is 2.98. The minimum absolute atomic E-state index is 0.233. The van der Waals surface area contributed by atoms with Crippen molar-refractivity contribution in [3.8, 4) is 0 Å². The van der Waals surface area contributed by atoms with Crippen molar-refractivity contribution < 1.29 is 8.42 Å². The van der Waals surface area contributed by atoms with E-state index in [1.54, 1.807) is 28.6 Å². The normalized spacial score (nSPS) is 22.7. The number of nitrogens with zero attached hydrogens (tertiary/aromatic N) is 5. The lowest BCUT2D eigenvalue weighted by molar-refractivity contribution is 0.224. The summed E-state index contributed by atoms with van der Waals surface area (Å²) in [4.78, 5) is 2.55. The van der Waals surface area contributed by atoms with Gasteiger partial charge in [-0.05, 0) is 32.0 Å². The van der Waals surface area contributed by atoms with Crippen molar-refractivity contribution in [3.63, 3.8) is 0 Å². The van der Waals surface area contributed by atoms with Crippen molar-refractivity contribution in [1.82, 2.24) is 24.0 Å². The lowest BCUT2D eigenvalue weighted by atomic mass is 10.0. The smallest absolute Gasteiger partial charge is 0.243 e. The van der Waals surface area contributed by atoms with Gasteiger partial charge in [-0.15, -0.1) is 10.2 Å². The molecule has 134 valence electrons. The largest absolute Gasteiger partial charge is 0.311 e. The summed E-state index contributed by atoms with van der Waals surface area (Å²) in [5.74, 6) is 1.72. The van der Waals surface area contributed by atoms with Crippen LogP contribution < -0.4 is 0 Å². The van der Waals surface area contributed by atoms with Gasteiger partial charge in [-0.1, -0.05) is 24.6 Å². The summed E-state index contributed by atoms with van der Waals surface area (Å²) in [5.41, 5.74) is 0. The van der Waals surface area contributed by atoms with Gasteiger partial charge in [-0.25, -0.2) is 8.42 Å². The minimum atomic E-state index is -3.53. The second-order valence-electron chi connectivity index (χ2n) is 6.80. The molecule has 1 saturated heterocycles. The maximum atomic E-state index is 13.2. The molecule has 7 nitrogen and oxygen atoms in total. The predicted molar refractivity (Wildman–Crippen MR) is 93.3 cm³/mol. The zero-order chi connectivity index (χ0) is 17.4. The molecule has 2 aromatic rings. The van der Waals surface area contributed by atoms with Gasteiger partial charge < -0.3 is 4.57 Å². The van der Waals surface area contributed by atoms with Gasteiger partial charge in [0.1, 0.15) is 5.82 Å². The van der Waals surface area contributed by atoms with Crippen molar-refractivity contribution in [3.05, 3.63) is 42.0 Å². The van der Waals surface area contributed by atoms with Gasteiger partial charge >= 0.3 is 0 Å². The Morgan fingerprint density at radius 1 is 1.04 bits per heavy atom. The number of hydrogen-bond donors (Lipinski definition) is 0. The Morgan fingerprint density at radius 3 is 2.64 bits per heavy atom. The molecule has 0 aliphatic carbocycles. The monoisotopic (exact) mass is 361 g/mol. The third-order valence-electron chi connectivity index (χ3n) is 5.07. The number of likely N-dealkylation sites (N-methyl/N-ethyl adjacent to an activating group) is 1. The summed E-state index contributed by atoms with van der Waals surface area (Å²) >= 11 is 0. The molecule has 1 unspecified atom stereocenters. The molecule has 3 heterocycles. The van der Waals surface area contributed by atoms with Crippen LogP contribution in [-0.2, 0) is 23.1 Å². The first-order valence-corrected chi connectivity index (χ1v) is 10.2. The van der Waals surface area contributed by atoms with E-state index >= 15 is 0 Å². The fourth-order valence-corrected chi connectivity index (χ4v) is 5.40. The van der Waals surface area contributed by atoms with Crippen molar-refractivity contribution in [1.29, 1.82) is 0 Å². The molecule has 0 radical (unpaired) electrons. The Hall–Kier alpha value is -1.77. The van der Waals surface area contributed by atoms with E-state index in [0.717, 1.165) is 50.5 Å². The molecule has 1 fully saturated rings. The molecule has 25 heavy (non-hydrogen) atoms. The van der Waals surface area contributed by atoms with E-state index < -0.39 is 10.0 Å². The SMILES string of the molecule is CN1CCn2c(nnc2C2CCCCN2S(=O)(=O)c2ccccc2)C1. The highest BCUT2D eigenvalue weighted by atomic mass is 32.2. The van der Waals surface area contributed by atoms with E-state index in [4.69, 9.17) is 0 Å². The van der Waals surface area contributed by atoms with Crippen LogP contribution in [0.5, 0.6) is 0 Å². The van der Waals surface area contributed by atoms with Crippen LogP contribution >= 0.6 is 0 Å². The molecule has 2 aliphatic rings. The number of benzene rings is 1. The van der Waals surface area contributed by atoms with Gasteiger partial charge in [0.05, 0.1) is 17.5 Å². The van der Waals surface area contributed by atoms with Crippen LogP contribution in [0.1, 0.15) is 37.0 Å². The second-order valence-corrected chi connectivity index (χ2v) is 8.69. The van der Waals surface area contributed by atoms with E-state index in [2.05, 4.69) is 26.7 Å². The molecule has 4 rings (SSSR count). The van der Waals surface area contributed by atoms with Crippen LogP contribution in [0, 0.1) is 0 Å². The van der Waals surface area contributed by atoms with Crippen LogP contribution in [0.4, 0.5) is 0 Å². The Balaban J connectivity index is 1.71. The topological polar surface area (TPSA) is 71.3 Å². The molecule has 0 spiro atoms. The third-order valence-corrected chi connectivity index (χ3v) is 7.00. The fraction of sp³-hybridized carbons (Fsp3) is 0.529. The highest BCUT2D eigenvalue weighted by molar-refractivity contribution is 7.89. The molecule has 2 aliphatic heterocycles. The van der Waals surface area contributed by atoms with Crippen molar-refractivity contribution in [2.24, 2.45) is 0 Å². The summed E-state index contributed by atoms with van der Waals surface area (Å²) in [7, 11) is -1.47. The van der Waals surface area contributed by atoms with Crippen LogP contribution in [0.2, 0.25) is 0 Å². The summed E-state index contributed by atoms with van der Waals surface area (Å²) in [5, 5.41) is 8.71. The fourth-order valence-electron chi connectivity index (χ4n) is 3.73. The molecule has 0 bridgehead atoms. The average molecular weight is 361 g/mol. The number of sulfonamides is 1. The number of fused-ring (bicyclic) bond motifs is 1. The highest BCUT2D eigenvalue weighted by Gasteiger charge is 2.38. The van der Waals surface area contributed by atoms with E-state index in [9.17, 15) is 8.42 Å². The summed E-state index contributed by atoms with van der Waals surface area (Å²) < 4.78 is 30.1. The quantitative estimate of drug-likeness (QED) is 0.831. The van der Waals surface area contributed by atoms with Crippen molar-refractivity contribution in [2.45, 2.75) is 43.3 Å². The van der Waals surface area contributed by atoms with Gasteiger partial charge in [-0.2, -0.15) is 4.31 Å². The Morgan fingerprint density at radius 2 is 1.84 bits per heavy atom. The first-order chi connectivity index (χ1) is 12.1. The van der Waals surface area contributed by atoms with Crippen LogP contribution in [0.15, 0.2) is 35.2 Å². The molecule has 0 N–H and O–H groups in total. The van der Waals surface area contributed by atoms with E-state index in [1.807, 2.05) is 6.07 Å². The lowest BCUT2D eigenvalue weighted by Gasteiger charge is -2.35. The Labute approximate surface area is 148 Å². The Kier molecular flexibility index (Phi) is 4.35. The number of rotatable bonds is 3. The predicted octanol–water partition coefficient (Wildman–Crippen LogP) is 1.64. The average Bonchev–Trinajstić information content (AvgIpc) is 3.05. The van der Waals surface area contributed by atoms with Gasteiger partial charge in [0.2, 0.25) is 10.0 Å². The van der Waals surface area contributed by atoms with E-state index in [1.165, 1.54) is 0 Å². The molecular formula is C17H23N5O2S. The number of hydrogen-bond acceptors (Lipinski definition) is 5. The van der Waals surface area contributed by atoms with Crippen LogP contribution in [0.25, 0.3) is 0 Å². The lowest BCUT2D eigenvalue weighted by Crippen LogP contribution is -2.40. The summed E-state index contributed by atoms with van der Waals surface area (Å²) in [6.07, 6.45) is 2.68. The maximum absolute atomic E-state index is 13.2. The minimum Gasteiger partial charge on any atom is -0.311 e. The molecule has 0 saturated carbocycles. The summed E-state index contributed by atoms with van der Waals surface area (Å²) in [6, 6.07) is 8.45. The van der Waals surface area contributed by atoms with Crippen molar-refractivity contribution in [2.75, 3.05) is 20.1 Å². The zero-order valence-corrected chi connectivity index (χ0v) is 15.2. The van der Waals surface area contributed by atoms with Gasteiger partial charge in [-0.3, -0.25) is 4.90 Å². The first-order valence-electron chi connectivity index (χ1n) is 8.75. The second kappa shape index (κ2) is 6.51. The van der Waals surface area contributed by atoms with Crippen molar-refractivity contribution >= 4 is 10.0 Å². The van der Waals surface area contributed by atoms with E-state index in [0.29, 0.717) is 11.4 Å². The van der Waals surface area contributed by atoms with E-state index in [-0.39, 0.29) is 6.04 Å². The maximum Gasteiger partial charge on any atom is 0.243 e. The standard InChI is InChI=1S/C17H23N5O2S/c1-20-11-12-21-16(13-20)18-19-17(21)15-9-5-6-10-22(15)25(23,24)14-7-3-2-4-8-14/h2-4,7-8,15H,5-6,9-13H2,1H3. The van der Waals surface area contributed by atoms with Crippen LogP contribution in [-0.4, -0.2) is 52.5 Å². The molecule has 1 aromatic carbocycles. The Bertz CT molecular complexity index is 849. The number of piperidine rings is 1. The molecule has 0 amide bonds. The zero-order valence-electron chi connectivity index (χ0n) is 14.4. The molecular weight excluding hydrogens is 338 g/mol. The highest BCUT2D eigenvalue weighted by Crippen LogP contribution is 2.35. The first kappa shape index (κ1) is 16.7. The number of aromatic nitrogens is 3. The molecule has 1 aromatic heterocycles. The van der Waals surface area contributed by atoms with Gasteiger partial charge in [0, 0.05) is 19.6 Å². The van der Waals surface area contributed by atoms with Gasteiger partial charge in [0.15, 0.2) is 5.82 Å². The van der Waals surface area contributed by atoms with Gasteiger partial charge in [0.25, 0.3) is 0 Å². The van der Waals surface area contributed by atoms with Crippen LogP contribution in [0.3, 0.4) is 0 Å². The molecule has 1 atom stereocenters. The molecule has 8 heteroatoms. The summed E-state index contributed by atoms with van der Waals surface area (Å²) in [6.45, 7) is 3.02.